The number of aliphatic carboxylic acids is 1. The average molecular weight is 316 g/mol. The van der Waals surface area contributed by atoms with E-state index in [2.05, 4.69) is 5.32 Å². The lowest BCUT2D eigenvalue weighted by molar-refractivity contribution is -0.147. The molecule has 0 aromatic carbocycles. The first-order valence-corrected chi connectivity index (χ1v) is 9.60. The Balaban J connectivity index is 1.76. The molecule has 120 valence electrons. The number of carbonyl (C=O) groups is 1. The molecule has 2 unspecified atom stereocenters. The Kier molecular flexibility index (Phi) is 3.78. The summed E-state index contributed by atoms with van der Waals surface area (Å²) in [5, 5.41) is 13.2. The Hall–Kier alpha value is -0.660. The quantitative estimate of drug-likeness (QED) is 0.722. The highest BCUT2D eigenvalue weighted by molar-refractivity contribution is 7.91. The molecule has 0 aromatic rings. The van der Waals surface area contributed by atoms with Crippen LogP contribution >= 0.6 is 0 Å². The first-order valence-electron chi connectivity index (χ1n) is 7.78. The molecule has 1 saturated heterocycles. The monoisotopic (exact) mass is 316 g/mol. The van der Waals surface area contributed by atoms with Gasteiger partial charge in [-0.3, -0.25) is 15.0 Å². The van der Waals surface area contributed by atoms with E-state index < -0.39 is 21.3 Å². The molecule has 0 bridgehead atoms. The molecule has 6 nitrogen and oxygen atoms in total. The van der Waals surface area contributed by atoms with E-state index in [1.165, 1.54) is 0 Å². The van der Waals surface area contributed by atoms with Crippen molar-refractivity contribution in [1.29, 1.82) is 0 Å². The molecule has 2 aliphatic carbocycles. The molecule has 0 radical (unpaired) electrons. The molecular formula is C14H24N2O4S. The Bertz CT molecular complexity index is 527. The molecule has 2 N–H and O–H groups in total. The van der Waals surface area contributed by atoms with Gasteiger partial charge in [-0.1, -0.05) is 0 Å². The third-order valence-corrected chi connectivity index (χ3v) is 6.75. The largest absolute Gasteiger partial charge is 0.480 e. The van der Waals surface area contributed by atoms with Crippen LogP contribution in [0.5, 0.6) is 0 Å². The van der Waals surface area contributed by atoms with E-state index >= 15 is 0 Å². The number of nitrogens with one attached hydrogen (secondary N) is 1. The van der Waals surface area contributed by atoms with Crippen molar-refractivity contribution in [3.8, 4) is 0 Å². The van der Waals surface area contributed by atoms with Gasteiger partial charge in [-0.05, 0) is 38.5 Å². The summed E-state index contributed by atoms with van der Waals surface area (Å²) < 4.78 is 23.4. The summed E-state index contributed by atoms with van der Waals surface area (Å²) >= 11 is 0. The molecular weight excluding hydrogens is 292 g/mol. The normalized spacial score (nSPS) is 32.5. The second-order valence-corrected chi connectivity index (χ2v) is 9.13. The summed E-state index contributed by atoms with van der Waals surface area (Å²) in [6, 6.07) is 0.216. The molecule has 7 heteroatoms. The number of carboxylic acids is 1. The minimum absolute atomic E-state index is 0.109. The van der Waals surface area contributed by atoms with Gasteiger partial charge in [0.1, 0.15) is 5.54 Å². The standard InChI is InChI=1S/C14H24N2O4S/c1-10-8-21(19,20)7-6-16(10)9-14(13(17)18,11-2-3-11)15-12-4-5-12/h10-12,15H,2-9H2,1H3,(H,17,18). The molecule has 0 aromatic heterocycles. The van der Waals surface area contributed by atoms with Crippen LogP contribution in [0.1, 0.15) is 32.6 Å². The maximum absolute atomic E-state index is 12.0. The highest BCUT2D eigenvalue weighted by Crippen LogP contribution is 2.42. The first-order chi connectivity index (χ1) is 9.82. The predicted octanol–water partition coefficient (Wildman–Crippen LogP) is 0.0907. The van der Waals surface area contributed by atoms with Crippen molar-refractivity contribution in [3.63, 3.8) is 0 Å². The van der Waals surface area contributed by atoms with E-state index in [1.54, 1.807) is 0 Å². The minimum atomic E-state index is -2.97. The molecule has 3 rings (SSSR count). The molecule has 3 fully saturated rings. The summed E-state index contributed by atoms with van der Waals surface area (Å²) in [5.74, 6) is -0.323. The molecule has 2 atom stereocenters. The fourth-order valence-corrected chi connectivity index (χ4v) is 4.98. The number of carboxylic acid groups (broad SMARTS) is 1. The van der Waals surface area contributed by atoms with Gasteiger partial charge in [-0.2, -0.15) is 0 Å². The van der Waals surface area contributed by atoms with Crippen molar-refractivity contribution < 1.29 is 18.3 Å². The van der Waals surface area contributed by atoms with Crippen molar-refractivity contribution >= 4 is 15.8 Å². The van der Waals surface area contributed by atoms with Crippen LogP contribution in [0.2, 0.25) is 0 Å². The Morgan fingerprint density at radius 1 is 1.33 bits per heavy atom. The van der Waals surface area contributed by atoms with Crippen LogP contribution < -0.4 is 5.32 Å². The fraction of sp³-hybridized carbons (Fsp3) is 0.929. The van der Waals surface area contributed by atoms with Crippen LogP contribution in [0.25, 0.3) is 0 Å². The number of rotatable bonds is 6. The van der Waals surface area contributed by atoms with Gasteiger partial charge in [0.05, 0.1) is 11.5 Å². The van der Waals surface area contributed by atoms with Crippen molar-refractivity contribution in [2.45, 2.75) is 50.2 Å². The van der Waals surface area contributed by atoms with Crippen LogP contribution in [0.4, 0.5) is 0 Å². The highest BCUT2D eigenvalue weighted by Gasteiger charge is 2.54. The maximum atomic E-state index is 12.0. The lowest BCUT2D eigenvalue weighted by Gasteiger charge is -2.41. The van der Waals surface area contributed by atoms with Crippen molar-refractivity contribution in [2.75, 3.05) is 24.6 Å². The zero-order valence-electron chi connectivity index (χ0n) is 12.4. The summed E-state index contributed by atoms with van der Waals surface area (Å²) in [7, 11) is -2.97. The van der Waals surface area contributed by atoms with Crippen LogP contribution in [0.3, 0.4) is 0 Å². The van der Waals surface area contributed by atoms with Crippen molar-refractivity contribution in [3.05, 3.63) is 0 Å². The van der Waals surface area contributed by atoms with Gasteiger partial charge < -0.3 is 5.11 Å². The molecule has 1 heterocycles. The Morgan fingerprint density at radius 3 is 2.48 bits per heavy atom. The van der Waals surface area contributed by atoms with E-state index in [9.17, 15) is 18.3 Å². The third-order valence-electron chi connectivity index (χ3n) is 4.96. The van der Waals surface area contributed by atoms with Crippen molar-refractivity contribution in [2.24, 2.45) is 5.92 Å². The molecule has 0 spiro atoms. The van der Waals surface area contributed by atoms with Crippen LogP contribution in [0, 0.1) is 5.92 Å². The molecule has 1 aliphatic heterocycles. The molecule has 21 heavy (non-hydrogen) atoms. The van der Waals surface area contributed by atoms with Gasteiger partial charge in [0.15, 0.2) is 9.84 Å². The van der Waals surface area contributed by atoms with E-state index in [0.717, 1.165) is 25.7 Å². The van der Waals surface area contributed by atoms with Gasteiger partial charge in [-0.25, -0.2) is 8.42 Å². The Labute approximate surface area is 125 Å². The topological polar surface area (TPSA) is 86.7 Å². The lowest BCUT2D eigenvalue weighted by atomic mass is 9.91. The van der Waals surface area contributed by atoms with Crippen LogP contribution in [0.15, 0.2) is 0 Å². The smallest absolute Gasteiger partial charge is 0.325 e. The van der Waals surface area contributed by atoms with Crippen LogP contribution in [-0.2, 0) is 14.6 Å². The van der Waals surface area contributed by atoms with Gasteiger partial charge in [-0.15, -0.1) is 0 Å². The molecule has 2 saturated carbocycles. The van der Waals surface area contributed by atoms with Gasteiger partial charge in [0.2, 0.25) is 0 Å². The maximum Gasteiger partial charge on any atom is 0.325 e. The van der Waals surface area contributed by atoms with Crippen molar-refractivity contribution in [1.82, 2.24) is 10.2 Å². The van der Waals surface area contributed by atoms with E-state index in [-0.39, 0.29) is 23.5 Å². The van der Waals surface area contributed by atoms with E-state index in [4.69, 9.17) is 0 Å². The predicted molar refractivity (Wildman–Crippen MR) is 78.9 cm³/mol. The summed E-state index contributed by atoms with van der Waals surface area (Å²) in [6.07, 6.45) is 4.00. The van der Waals surface area contributed by atoms with Gasteiger partial charge in [0.25, 0.3) is 0 Å². The SMILES string of the molecule is CC1CS(=O)(=O)CCN1CC(NC1CC1)(C(=O)O)C1CC1. The second kappa shape index (κ2) is 5.21. The van der Waals surface area contributed by atoms with Gasteiger partial charge in [0, 0.05) is 25.2 Å². The number of nitrogens with zero attached hydrogens (tertiary/aromatic N) is 1. The van der Waals surface area contributed by atoms with Crippen LogP contribution in [-0.4, -0.2) is 66.6 Å². The third kappa shape index (κ3) is 3.24. The average Bonchev–Trinajstić information content (AvgIpc) is 3.24. The zero-order valence-corrected chi connectivity index (χ0v) is 13.2. The summed E-state index contributed by atoms with van der Waals surface area (Å²) in [4.78, 5) is 14.0. The Morgan fingerprint density at radius 2 is 2.00 bits per heavy atom. The fourth-order valence-electron chi connectivity index (χ4n) is 3.35. The zero-order chi connectivity index (χ0) is 15.3. The minimum Gasteiger partial charge on any atom is -0.480 e. The number of hydrogen-bond donors (Lipinski definition) is 2. The lowest BCUT2D eigenvalue weighted by Crippen LogP contribution is -2.64. The summed E-state index contributed by atoms with van der Waals surface area (Å²) in [6.45, 7) is 2.74. The number of hydrogen-bond acceptors (Lipinski definition) is 5. The van der Waals surface area contributed by atoms with Gasteiger partial charge >= 0.3 is 5.97 Å². The number of sulfone groups is 1. The second-order valence-electron chi connectivity index (χ2n) is 6.90. The summed E-state index contributed by atoms with van der Waals surface area (Å²) in [5.41, 5.74) is -0.892. The molecule has 3 aliphatic rings. The van der Waals surface area contributed by atoms with E-state index in [1.807, 2.05) is 11.8 Å². The molecule has 0 amide bonds. The first kappa shape index (κ1) is 15.2. The van der Waals surface area contributed by atoms with E-state index in [0.29, 0.717) is 19.1 Å². The highest BCUT2D eigenvalue weighted by atomic mass is 32.2.